The Balaban J connectivity index is 1.72. The molecule has 0 aliphatic carbocycles. The highest BCUT2D eigenvalue weighted by Gasteiger charge is 2.25. The Morgan fingerprint density at radius 2 is 2.00 bits per heavy atom. The molecule has 2 atom stereocenters. The number of carbonyl (C=O) groups is 1. The van der Waals surface area contributed by atoms with Gasteiger partial charge in [0.05, 0.1) is 17.7 Å². The summed E-state index contributed by atoms with van der Waals surface area (Å²) in [5, 5.41) is 0.505. The van der Waals surface area contributed by atoms with Crippen molar-refractivity contribution in [1.29, 1.82) is 0 Å². The average molecular weight is 339 g/mol. The molecule has 7 heteroatoms. The van der Waals surface area contributed by atoms with Crippen LogP contribution in [0, 0.1) is 0 Å². The van der Waals surface area contributed by atoms with Crippen LogP contribution in [-0.2, 0) is 16.1 Å². The van der Waals surface area contributed by atoms with E-state index in [-0.39, 0.29) is 31.1 Å². The largest absolute Gasteiger partial charge is 0.419 e. The molecule has 1 saturated heterocycles. The molecule has 0 radical (unpaired) electrons. The van der Waals surface area contributed by atoms with Gasteiger partial charge in [0.1, 0.15) is 0 Å². The summed E-state index contributed by atoms with van der Waals surface area (Å²) in [5.41, 5.74) is 1.08. The molecule has 23 heavy (non-hydrogen) atoms. The van der Waals surface area contributed by atoms with Crippen molar-refractivity contribution in [2.45, 2.75) is 39.0 Å². The van der Waals surface area contributed by atoms with Crippen LogP contribution >= 0.6 is 11.6 Å². The minimum atomic E-state index is -0.473. The second kappa shape index (κ2) is 6.37. The van der Waals surface area contributed by atoms with Crippen LogP contribution in [0.25, 0.3) is 11.1 Å². The van der Waals surface area contributed by atoms with E-state index in [2.05, 4.69) is 0 Å². The molecule has 0 bridgehead atoms. The standard InChI is InChI=1S/C16H19ClN2O4/c1-10-8-18(9-11(2)22-10)15(20)5-6-19-13-4-3-12(17)7-14(13)23-16(19)21/h3-4,7,10-11H,5-6,8-9H2,1-2H3/t10-,11-/m0/s1. The number of aryl methyl sites for hydroxylation is 1. The maximum Gasteiger partial charge on any atom is 0.419 e. The highest BCUT2D eigenvalue weighted by molar-refractivity contribution is 6.31. The van der Waals surface area contributed by atoms with Crippen molar-refractivity contribution < 1.29 is 13.9 Å². The van der Waals surface area contributed by atoms with Crippen LogP contribution in [0.3, 0.4) is 0 Å². The average Bonchev–Trinajstić information content (AvgIpc) is 2.78. The second-order valence-corrected chi connectivity index (χ2v) is 6.37. The molecule has 2 aromatic rings. The van der Waals surface area contributed by atoms with E-state index in [0.717, 1.165) is 0 Å². The fraction of sp³-hybridized carbons (Fsp3) is 0.500. The lowest BCUT2D eigenvalue weighted by molar-refractivity contribution is -0.143. The van der Waals surface area contributed by atoms with Crippen LogP contribution in [0.2, 0.25) is 5.02 Å². The van der Waals surface area contributed by atoms with E-state index in [0.29, 0.717) is 29.2 Å². The number of hydrogen-bond donors (Lipinski definition) is 0. The summed E-state index contributed by atoms with van der Waals surface area (Å²) in [4.78, 5) is 26.1. The highest BCUT2D eigenvalue weighted by atomic mass is 35.5. The molecule has 1 aliphatic rings. The molecule has 1 amide bonds. The normalized spacial score (nSPS) is 21.8. The Bertz CT molecular complexity index is 772. The maximum absolute atomic E-state index is 12.4. The molecule has 0 N–H and O–H groups in total. The first-order valence-corrected chi connectivity index (χ1v) is 8.04. The molecule has 0 saturated carbocycles. The molecule has 1 aromatic heterocycles. The molecule has 1 fully saturated rings. The number of hydrogen-bond acceptors (Lipinski definition) is 4. The summed E-state index contributed by atoms with van der Waals surface area (Å²) in [7, 11) is 0. The molecule has 0 unspecified atom stereocenters. The third kappa shape index (κ3) is 3.43. The van der Waals surface area contributed by atoms with Crippen LogP contribution in [0.1, 0.15) is 20.3 Å². The number of benzene rings is 1. The predicted octanol–water partition coefficient (Wildman–Crippen LogP) is 2.27. The van der Waals surface area contributed by atoms with Gasteiger partial charge in [-0.1, -0.05) is 11.6 Å². The molecule has 6 nitrogen and oxygen atoms in total. The number of ether oxygens (including phenoxy) is 1. The summed E-state index contributed by atoms with van der Waals surface area (Å²) in [5.74, 6) is -0.457. The SMILES string of the molecule is C[C@H]1CN(C(=O)CCn2c(=O)oc3cc(Cl)ccc32)C[C@H](C)O1. The summed E-state index contributed by atoms with van der Waals surface area (Å²) in [6, 6.07) is 5.02. The smallest absolute Gasteiger partial charge is 0.408 e. The second-order valence-electron chi connectivity index (χ2n) is 5.94. The van der Waals surface area contributed by atoms with Crippen LogP contribution in [-0.4, -0.2) is 40.7 Å². The number of fused-ring (bicyclic) bond motifs is 1. The van der Waals surface area contributed by atoms with E-state index in [9.17, 15) is 9.59 Å². The van der Waals surface area contributed by atoms with Gasteiger partial charge >= 0.3 is 5.76 Å². The summed E-state index contributed by atoms with van der Waals surface area (Å²) in [6.45, 7) is 5.35. The summed E-state index contributed by atoms with van der Waals surface area (Å²) >= 11 is 5.89. The quantitative estimate of drug-likeness (QED) is 0.861. The van der Waals surface area contributed by atoms with Gasteiger partial charge in [0.2, 0.25) is 5.91 Å². The van der Waals surface area contributed by atoms with Gasteiger partial charge in [-0.25, -0.2) is 4.79 Å². The number of aromatic nitrogens is 1. The Kier molecular flexibility index (Phi) is 4.46. The maximum atomic E-state index is 12.4. The highest BCUT2D eigenvalue weighted by Crippen LogP contribution is 2.19. The monoisotopic (exact) mass is 338 g/mol. The van der Waals surface area contributed by atoms with Crippen molar-refractivity contribution in [2.75, 3.05) is 13.1 Å². The van der Waals surface area contributed by atoms with Crippen molar-refractivity contribution in [3.8, 4) is 0 Å². The Labute approximate surface area is 138 Å². The number of oxazole rings is 1. The molecular weight excluding hydrogens is 320 g/mol. The fourth-order valence-corrected chi connectivity index (χ4v) is 3.16. The van der Waals surface area contributed by atoms with Crippen molar-refractivity contribution in [3.05, 3.63) is 33.8 Å². The van der Waals surface area contributed by atoms with E-state index in [1.807, 2.05) is 13.8 Å². The van der Waals surface area contributed by atoms with E-state index < -0.39 is 5.76 Å². The van der Waals surface area contributed by atoms with Crippen LogP contribution in [0.15, 0.2) is 27.4 Å². The van der Waals surface area contributed by atoms with E-state index in [4.69, 9.17) is 20.8 Å². The van der Waals surface area contributed by atoms with Gasteiger partial charge in [-0.05, 0) is 26.0 Å². The lowest BCUT2D eigenvalue weighted by atomic mass is 10.2. The number of nitrogens with zero attached hydrogens (tertiary/aromatic N) is 2. The molecule has 1 aromatic carbocycles. The van der Waals surface area contributed by atoms with Gasteiger partial charge in [0, 0.05) is 37.1 Å². The number of amides is 1. The first-order chi connectivity index (χ1) is 10.9. The van der Waals surface area contributed by atoms with Gasteiger partial charge in [-0.2, -0.15) is 0 Å². The third-order valence-electron chi connectivity index (χ3n) is 3.95. The van der Waals surface area contributed by atoms with Crippen molar-refractivity contribution in [3.63, 3.8) is 0 Å². The zero-order valence-electron chi connectivity index (χ0n) is 13.1. The number of carbonyl (C=O) groups excluding carboxylic acids is 1. The Hall–Kier alpha value is -1.79. The lowest BCUT2D eigenvalue weighted by Gasteiger charge is -2.35. The molecule has 124 valence electrons. The zero-order valence-corrected chi connectivity index (χ0v) is 13.9. The fourth-order valence-electron chi connectivity index (χ4n) is 3.00. The first-order valence-electron chi connectivity index (χ1n) is 7.66. The molecule has 2 heterocycles. The van der Waals surface area contributed by atoms with E-state index >= 15 is 0 Å². The van der Waals surface area contributed by atoms with Crippen molar-refractivity contribution in [2.24, 2.45) is 0 Å². The van der Waals surface area contributed by atoms with Crippen LogP contribution in [0.5, 0.6) is 0 Å². The molecule has 0 spiro atoms. The molecule has 1 aliphatic heterocycles. The summed E-state index contributed by atoms with van der Waals surface area (Å²) in [6.07, 6.45) is 0.306. The van der Waals surface area contributed by atoms with Gasteiger partial charge in [-0.3, -0.25) is 9.36 Å². The molecule has 3 rings (SSSR count). The lowest BCUT2D eigenvalue weighted by Crippen LogP contribution is -2.48. The number of morpholine rings is 1. The topological polar surface area (TPSA) is 64.7 Å². The minimum Gasteiger partial charge on any atom is -0.408 e. The summed E-state index contributed by atoms with van der Waals surface area (Å²) < 4.78 is 12.3. The van der Waals surface area contributed by atoms with E-state index in [1.165, 1.54) is 4.57 Å². The Morgan fingerprint density at radius 1 is 1.30 bits per heavy atom. The minimum absolute atomic E-state index is 0.0159. The van der Waals surface area contributed by atoms with Gasteiger partial charge in [0.15, 0.2) is 5.58 Å². The van der Waals surface area contributed by atoms with Crippen LogP contribution in [0.4, 0.5) is 0 Å². The van der Waals surface area contributed by atoms with Crippen molar-refractivity contribution in [1.82, 2.24) is 9.47 Å². The van der Waals surface area contributed by atoms with Gasteiger partial charge in [-0.15, -0.1) is 0 Å². The third-order valence-corrected chi connectivity index (χ3v) is 4.19. The van der Waals surface area contributed by atoms with Gasteiger partial charge in [0.25, 0.3) is 0 Å². The Morgan fingerprint density at radius 3 is 2.70 bits per heavy atom. The zero-order chi connectivity index (χ0) is 16.6. The molecular formula is C16H19ClN2O4. The van der Waals surface area contributed by atoms with E-state index in [1.54, 1.807) is 23.1 Å². The number of rotatable bonds is 3. The van der Waals surface area contributed by atoms with Gasteiger partial charge < -0.3 is 14.1 Å². The number of halogens is 1. The van der Waals surface area contributed by atoms with Crippen LogP contribution < -0.4 is 5.76 Å². The predicted molar refractivity (Wildman–Crippen MR) is 86.7 cm³/mol. The first kappa shape index (κ1) is 16.1. The van der Waals surface area contributed by atoms with Crippen molar-refractivity contribution >= 4 is 28.6 Å².